The lowest BCUT2D eigenvalue weighted by Crippen LogP contribution is -2.42. The van der Waals surface area contributed by atoms with Gasteiger partial charge in [-0.05, 0) is 44.1 Å². The van der Waals surface area contributed by atoms with Gasteiger partial charge in [0.05, 0.1) is 0 Å². The van der Waals surface area contributed by atoms with Crippen LogP contribution >= 0.6 is 11.8 Å². The van der Waals surface area contributed by atoms with Crippen molar-refractivity contribution in [2.24, 2.45) is 5.73 Å². The van der Waals surface area contributed by atoms with Gasteiger partial charge in [-0.25, -0.2) is 0 Å². The third-order valence-electron chi connectivity index (χ3n) is 3.69. The molecule has 1 fully saturated rings. The molecule has 0 aliphatic carbocycles. The summed E-state index contributed by atoms with van der Waals surface area (Å²) in [5.74, 6) is 1.30. The fourth-order valence-corrected chi connectivity index (χ4v) is 3.39. The maximum atomic E-state index is 12.0. The average molecular weight is 292 g/mol. The zero-order valence-corrected chi connectivity index (χ0v) is 13.0. The number of piperidine rings is 1. The Balaban J connectivity index is 1.64. The van der Waals surface area contributed by atoms with Crippen LogP contribution in [0.15, 0.2) is 29.2 Å². The van der Waals surface area contributed by atoms with E-state index in [-0.39, 0.29) is 6.04 Å². The highest BCUT2D eigenvalue weighted by Crippen LogP contribution is 2.20. The molecule has 0 radical (unpaired) electrons. The Hall–Kier alpha value is -1.00. The summed E-state index contributed by atoms with van der Waals surface area (Å²) in [6.45, 7) is 3.78. The minimum atomic E-state index is 0.288. The predicted octanol–water partition coefficient (Wildman–Crippen LogP) is 2.82. The van der Waals surface area contributed by atoms with Gasteiger partial charge in [-0.1, -0.05) is 17.7 Å². The number of hydrogen-bond acceptors (Lipinski definition) is 3. The Morgan fingerprint density at radius 2 is 2.15 bits per heavy atom. The van der Waals surface area contributed by atoms with E-state index in [1.165, 1.54) is 10.5 Å². The van der Waals surface area contributed by atoms with Crippen LogP contribution in [-0.2, 0) is 4.79 Å². The van der Waals surface area contributed by atoms with Crippen LogP contribution in [0.2, 0.25) is 0 Å². The molecule has 2 N–H and O–H groups in total. The third kappa shape index (κ3) is 4.84. The van der Waals surface area contributed by atoms with Crippen LogP contribution in [0.25, 0.3) is 0 Å². The first-order valence-corrected chi connectivity index (χ1v) is 8.36. The summed E-state index contributed by atoms with van der Waals surface area (Å²) in [5, 5.41) is 0. The van der Waals surface area contributed by atoms with Crippen LogP contribution in [0.1, 0.15) is 31.2 Å². The molecule has 4 heteroatoms. The lowest BCUT2D eigenvalue weighted by Gasteiger charge is -2.30. The first kappa shape index (κ1) is 15.4. The van der Waals surface area contributed by atoms with Crippen LogP contribution in [0, 0.1) is 6.92 Å². The standard InChI is InChI=1S/C16H24N2OS/c1-13-4-2-5-15(12-13)20-11-3-6-16(19)18-9-7-14(17)8-10-18/h2,4-5,12,14H,3,6-11,17H2,1H3. The van der Waals surface area contributed by atoms with Gasteiger partial charge in [-0.2, -0.15) is 0 Å². The lowest BCUT2D eigenvalue weighted by molar-refractivity contribution is -0.132. The molecule has 2 rings (SSSR count). The summed E-state index contributed by atoms with van der Waals surface area (Å²) < 4.78 is 0. The van der Waals surface area contributed by atoms with Crippen LogP contribution in [0.4, 0.5) is 0 Å². The van der Waals surface area contributed by atoms with Crippen LogP contribution in [0.5, 0.6) is 0 Å². The molecule has 1 aliphatic rings. The van der Waals surface area contributed by atoms with Crippen molar-refractivity contribution in [1.29, 1.82) is 0 Å². The normalized spacial score (nSPS) is 16.4. The summed E-state index contributed by atoms with van der Waals surface area (Å²) in [7, 11) is 0. The molecule has 1 amide bonds. The van der Waals surface area contributed by atoms with Gasteiger partial charge in [-0.3, -0.25) is 4.79 Å². The lowest BCUT2D eigenvalue weighted by atomic mass is 10.1. The molecular weight excluding hydrogens is 268 g/mol. The van der Waals surface area contributed by atoms with Gasteiger partial charge < -0.3 is 10.6 Å². The molecule has 0 aromatic heterocycles. The van der Waals surface area contributed by atoms with Crippen LogP contribution in [0.3, 0.4) is 0 Å². The summed E-state index contributed by atoms with van der Waals surface area (Å²) >= 11 is 1.83. The van der Waals surface area contributed by atoms with Crippen molar-refractivity contribution in [2.45, 2.75) is 43.5 Å². The summed E-state index contributed by atoms with van der Waals surface area (Å²) in [6, 6.07) is 8.80. The van der Waals surface area contributed by atoms with E-state index >= 15 is 0 Å². The zero-order valence-electron chi connectivity index (χ0n) is 12.2. The third-order valence-corrected chi connectivity index (χ3v) is 4.77. The molecule has 20 heavy (non-hydrogen) atoms. The molecule has 1 aromatic carbocycles. The van der Waals surface area contributed by atoms with E-state index in [0.717, 1.165) is 38.1 Å². The van der Waals surface area contributed by atoms with Gasteiger partial charge >= 0.3 is 0 Å². The van der Waals surface area contributed by atoms with E-state index < -0.39 is 0 Å². The Kier molecular flexibility index (Phi) is 5.92. The van der Waals surface area contributed by atoms with Crippen molar-refractivity contribution in [3.8, 4) is 0 Å². The smallest absolute Gasteiger partial charge is 0.222 e. The number of thioether (sulfide) groups is 1. The molecule has 1 saturated heterocycles. The van der Waals surface area contributed by atoms with E-state index in [0.29, 0.717) is 12.3 Å². The number of hydrogen-bond donors (Lipinski definition) is 1. The van der Waals surface area contributed by atoms with Gasteiger partial charge in [-0.15, -0.1) is 11.8 Å². The number of amides is 1. The molecule has 1 heterocycles. The van der Waals surface area contributed by atoms with E-state index in [1.807, 2.05) is 16.7 Å². The van der Waals surface area contributed by atoms with Gasteiger partial charge in [0.1, 0.15) is 0 Å². The first-order valence-electron chi connectivity index (χ1n) is 7.38. The van der Waals surface area contributed by atoms with E-state index in [4.69, 9.17) is 5.73 Å². The molecular formula is C16H24N2OS. The van der Waals surface area contributed by atoms with E-state index in [1.54, 1.807) is 0 Å². The molecule has 1 aliphatic heterocycles. The number of carbonyl (C=O) groups is 1. The fourth-order valence-electron chi connectivity index (χ4n) is 2.43. The Labute approximate surface area is 125 Å². The molecule has 3 nitrogen and oxygen atoms in total. The quantitative estimate of drug-likeness (QED) is 0.670. The van der Waals surface area contributed by atoms with Gasteiger partial charge in [0, 0.05) is 30.4 Å². The summed E-state index contributed by atoms with van der Waals surface area (Å²) in [6.07, 6.45) is 3.50. The largest absolute Gasteiger partial charge is 0.343 e. The van der Waals surface area contributed by atoms with Crippen molar-refractivity contribution in [2.75, 3.05) is 18.8 Å². The number of benzene rings is 1. The molecule has 0 unspecified atom stereocenters. The Bertz CT molecular complexity index is 442. The van der Waals surface area contributed by atoms with E-state index in [2.05, 4.69) is 31.2 Å². The van der Waals surface area contributed by atoms with E-state index in [9.17, 15) is 4.79 Å². The molecule has 0 saturated carbocycles. The fraction of sp³-hybridized carbons (Fsp3) is 0.562. The second-order valence-corrected chi connectivity index (χ2v) is 6.66. The van der Waals surface area contributed by atoms with Gasteiger partial charge in [0.15, 0.2) is 0 Å². The number of rotatable bonds is 5. The van der Waals surface area contributed by atoms with Crippen molar-refractivity contribution in [1.82, 2.24) is 4.90 Å². The van der Waals surface area contributed by atoms with Crippen molar-refractivity contribution < 1.29 is 4.79 Å². The number of aryl methyl sites for hydroxylation is 1. The average Bonchev–Trinajstić information content (AvgIpc) is 2.44. The predicted molar refractivity (Wildman–Crippen MR) is 84.9 cm³/mol. The van der Waals surface area contributed by atoms with Gasteiger partial charge in [0.25, 0.3) is 0 Å². The van der Waals surface area contributed by atoms with Crippen molar-refractivity contribution >= 4 is 17.7 Å². The topological polar surface area (TPSA) is 46.3 Å². The first-order chi connectivity index (χ1) is 9.65. The number of nitrogens with zero attached hydrogens (tertiary/aromatic N) is 1. The van der Waals surface area contributed by atoms with Gasteiger partial charge in [0.2, 0.25) is 5.91 Å². The van der Waals surface area contributed by atoms with Crippen LogP contribution < -0.4 is 5.73 Å². The maximum Gasteiger partial charge on any atom is 0.222 e. The minimum Gasteiger partial charge on any atom is -0.343 e. The monoisotopic (exact) mass is 292 g/mol. The summed E-state index contributed by atoms with van der Waals surface area (Å²) in [5.41, 5.74) is 7.14. The highest BCUT2D eigenvalue weighted by atomic mass is 32.2. The molecule has 0 spiro atoms. The zero-order chi connectivity index (χ0) is 14.4. The van der Waals surface area contributed by atoms with Crippen molar-refractivity contribution in [3.05, 3.63) is 29.8 Å². The van der Waals surface area contributed by atoms with Crippen molar-refractivity contribution in [3.63, 3.8) is 0 Å². The highest BCUT2D eigenvalue weighted by Gasteiger charge is 2.19. The molecule has 1 aromatic rings. The minimum absolute atomic E-state index is 0.288. The molecule has 110 valence electrons. The Morgan fingerprint density at radius 1 is 1.40 bits per heavy atom. The highest BCUT2D eigenvalue weighted by molar-refractivity contribution is 7.99. The second-order valence-electron chi connectivity index (χ2n) is 5.49. The number of nitrogens with two attached hydrogens (primary N) is 1. The molecule has 0 atom stereocenters. The SMILES string of the molecule is Cc1cccc(SCCCC(=O)N2CCC(N)CC2)c1. The summed E-state index contributed by atoms with van der Waals surface area (Å²) in [4.78, 5) is 15.3. The maximum absolute atomic E-state index is 12.0. The second kappa shape index (κ2) is 7.70. The Morgan fingerprint density at radius 3 is 2.85 bits per heavy atom. The van der Waals surface area contributed by atoms with Crippen LogP contribution in [-0.4, -0.2) is 35.7 Å². The molecule has 0 bridgehead atoms. The number of likely N-dealkylation sites (tertiary alicyclic amines) is 1. The number of carbonyl (C=O) groups excluding carboxylic acids is 1.